The number of amides is 1. The van der Waals surface area contributed by atoms with E-state index < -0.39 is 0 Å². The van der Waals surface area contributed by atoms with Crippen molar-refractivity contribution >= 4 is 11.9 Å². The maximum atomic E-state index is 11.7. The second-order valence-corrected chi connectivity index (χ2v) is 5.22. The maximum Gasteiger partial charge on any atom is 0.325 e. The van der Waals surface area contributed by atoms with Gasteiger partial charge in [-0.15, -0.1) is 0 Å². The number of esters is 1. The second-order valence-electron chi connectivity index (χ2n) is 5.22. The van der Waals surface area contributed by atoms with Gasteiger partial charge in [0, 0.05) is 25.0 Å². The van der Waals surface area contributed by atoms with Crippen LogP contribution in [0, 0.1) is 0 Å². The molecule has 1 N–H and O–H groups in total. The summed E-state index contributed by atoms with van der Waals surface area (Å²) < 4.78 is 4.93. The van der Waals surface area contributed by atoms with E-state index in [9.17, 15) is 9.59 Å². The Bertz CT molecular complexity index is 320. The normalized spacial score (nSPS) is 30.0. The predicted molar refractivity (Wildman–Crippen MR) is 67.0 cm³/mol. The van der Waals surface area contributed by atoms with Crippen molar-refractivity contribution in [1.82, 2.24) is 10.2 Å². The summed E-state index contributed by atoms with van der Waals surface area (Å²) in [6.07, 6.45) is 4.28. The fourth-order valence-electron chi connectivity index (χ4n) is 3.12. The fourth-order valence-corrected chi connectivity index (χ4v) is 3.12. The molecule has 2 aliphatic heterocycles. The molecule has 5 nitrogen and oxygen atoms in total. The Labute approximate surface area is 108 Å². The Morgan fingerprint density at radius 1 is 1.28 bits per heavy atom. The van der Waals surface area contributed by atoms with Gasteiger partial charge in [-0.2, -0.15) is 0 Å². The van der Waals surface area contributed by atoms with Crippen LogP contribution in [-0.2, 0) is 14.3 Å². The lowest BCUT2D eigenvalue weighted by molar-refractivity contribution is -0.150. The van der Waals surface area contributed by atoms with Gasteiger partial charge in [-0.3, -0.25) is 9.59 Å². The van der Waals surface area contributed by atoms with Crippen LogP contribution < -0.4 is 5.32 Å². The number of hydrogen-bond donors (Lipinski definition) is 1. The molecule has 0 radical (unpaired) electrons. The molecule has 0 aromatic heterocycles. The number of nitrogens with one attached hydrogen (secondary N) is 1. The van der Waals surface area contributed by atoms with E-state index in [1.165, 1.54) is 19.8 Å². The lowest BCUT2D eigenvalue weighted by Gasteiger charge is -2.36. The first-order chi connectivity index (χ1) is 8.60. The number of ether oxygens (including phenoxy) is 1. The lowest BCUT2D eigenvalue weighted by atomic mass is 9.98. The molecule has 0 saturated carbocycles. The van der Waals surface area contributed by atoms with Crippen molar-refractivity contribution < 1.29 is 14.3 Å². The largest absolute Gasteiger partial charge is 0.465 e. The number of nitrogens with zero attached hydrogens (tertiary/aromatic N) is 1. The molecule has 5 heteroatoms. The standard InChI is InChI=1S/C13H22N2O3/c1-3-18-13(17)8-15(9(2)16)12-6-10-4-5-11(7-12)14-10/h10-12,14H,3-8H2,1-2H3/t10-,11+,12?. The minimum Gasteiger partial charge on any atom is -0.465 e. The van der Waals surface area contributed by atoms with Crippen molar-refractivity contribution in [3.05, 3.63) is 0 Å². The Balaban J connectivity index is 1.97. The number of rotatable bonds is 4. The van der Waals surface area contributed by atoms with Crippen LogP contribution in [0.25, 0.3) is 0 Å². The molecule has 2 saturated heterocycles. The minimum atomic E-state index is -0.307. The van der Waals surface area contributed by atoms with Gasteiger partial charge in [0.1, 0.15) is 6.54 Å². The summed E-state index contributed by atoms with van der Waals surface area (Å²) in [5.74, 6) is -0.340. The van der Waals surface area contributed by atoms with E-state index in [0.29, 0.717) is 18.7 Å². The number of hydrogen-bond acceptors (Lipinski definition) is 4. The zero-order valence-corrected chi connectivity index (χ0v) is 11.1. The first-order valence-electron chi connectivity index (χ1n) is 6.79. The van der Waals surface area contributed by atoms with Gasteiger partial charge < -0.3 is 15.0 Å². The van der Waals surface area contributed by atoms with Crippen LogP contribution in [0.4, 0.5) is 0 Å². The highest BCUT2D eigenvalue weighted by atomic mass is 16.5. The molecule has 18 heavy (non-hydrogen) atoms. The number of carbonyl (C=O) groups is 2. The van der Waals surface area contributed by atoms with Crippen LogP contribution in [0.3, 0.4) is 0 Å². The monoisotopic (exact) mass is 254 g/mol. The van der Waals surface area contributed by atoms with Crippen LogP contribution in [-0.4, -0.2) is 48.1 Å². The highest BCUT2D eigenvalue weighted by Gasteiger charge is 2.37. The molecule has 1 unspecified atom stereocenters. The predicted octanol–water partition coefficient (Wildman–Crippen LogP) is 0.681. The fraction of sp³-hybridized carbons (Fsp3) is 0.846. The zero-order chi connectivity index (χ0) is 13.1. The number of carbonyl (C=O) groups excluding carboxylic acids is 2. The van der Waals surface area contributed by atoms with E-state index in [4.69, 9.17) is 4.74 Å². The lowest BCUT2D eigenvalue weighted by Crippen LogP contribution is -2.51. The third-order valence-electron chi connectivity index (χ3n) is 3.90. The maximum absolute atomic E-state index is 11.7. The Morgan fingerprint density at radius 2 is 1.89 bits per heavy atom. The smallest absolute Gasteiger partial charge is 0.325 e. The molecule has 1 amide bonds. The van der Waals surface area contributed by atoms with Gasteiger partial charge in [0.2, 0.25) is 5.91 Å². The quantitative estimate of drug-likeness (QED) is 0.750. The van der Waals surface area contributed by atoms with E-state index in [1.54, 1.807) is 11.8 Å². The van der Waals surface area contributed by atoms with Crippen molar-refractivity contribution in [2.24, 2.45) is 0 Å². The first kappa shape index (κ1) is 13.3. The van der Waals surface area contributed by atoms with Gasteiger partial charge in [-0.25, -0.2) is 0 Å². The van der Waals surface area contributed by atoms with Gasteiger partial charge in [0.15, 0.2) is 0 Å². The Morgan fingerprint density at radius 3 is 2.39 bits per heavy atom. The SMILES string of the molecule is CCOC(=O)CN(C(C)=O)C1C[C@H]2CC[C@@H](C1)N2. The average Bonchev–Trinajstić information content (AvgIpc) is 2.65. The van der Waals surface area contributed by atoms with Gasteiger partial charge in [-0.1, -0.05) is 0 Å². The highest BCUT2D eigenvalue weighted by molar-refractivity contribution is 5.80. The third-order valence-corrected chi connectivity index (χ3v) is 3.90. The molecule has 2 bridgehead atoms. The van der Waals surface area contributed by atoms with Crippen LogP contribution in [0.5, 0.6) is 0 Å². The van der Waals surface area contributed by atoms with Gasteiger partial charge in [-0.05, 0) is 32.6 Å². The summed E-state index contributed by atoms with van der Waals surface area (Å²) in [5, 5.41) is 3.54. The molecule has 2 rings (SSSR count). The number of piperidine rings is 1. The molecular formula is C13H22N2O3. The van der Waals surface area contributed by atoms with E-state index >= 15 is 0 Å². The summed E-state index contributed by atoms with van der Waals surface area (Å²) >= 11 is 0. The molecule has 2 fully saturated rings. The Hall–Kier alpha value is -1.10. The van der Waals surface area contributed by atoms with Crippen molar-refractivity contribution in [3.63, 3.8) is 0 Å². The average molecular weight is 254 g/mol. The zero-order valence-electron chi connectivity index (χ0n) is 11.1. The van der Waals surface area contributed by atoms with Crippen LogP contribution >= 0.6 is 0 Å². The Kier molecular flexibility index (Phi) is 4.22. The van der Waals surface area contributed by atoms with Gasteiger partial charge >= 0.3 is 5.97 Å². The molecule has 0 aromatic rings. The first-order valence-corrected chi connectivity index (χ1v) is 6.79. The van der Waals surface area contributed by atoms with Crippen LogP contribution in [0.1, 0.15) is 39.5 Å². The van der Waals surface area contributed by atoms with Crippen LogP contribution in [0.2, 0.25) is 0 Å². The summed E-state index contributed by atoms with van der Waals surface area (Å²) in [5.41, 5.74) is 0. The second kappa shape index (κ2) is 5.69. The van der Waals surface area contributed by atoms with E-state index in [0.717, 1.165) is 12.8 Å². The molecule has 102 valence electrons. The molecule has 3 atom stereocenters. The molecule has 2 aliphatic rings. The van der Waals surface area contributed by atoms with Crippen molar-refractivity contribution in [2.45, 2.75) is 57.7 Å². The molecular weight excluding hydrogens is 232 g/mol. The topological polar surface area (TPSA) is 58.6 Å². The summed E-state index contributed by atoms with van der Waals surface area (Å²) in [6.45, 7) is 3.76. The highest BCUT2D eigenvalue weighted by Crippen LogP contribution is 2.29. The van der Waals surface area contributed by atoms with Crippen molar-refractivity contribution in [3.8, 4) is 0 Å². The summed E-state index contributed by atoms with van der Waals surface area (Å²) in [4.78, 5) is 24.9. The molecule has 0 aliphatic carbocycles. The molecule has 0 aromatic carbocycles. The molecule has 2 heterocycles. The van der Waals surface area contributed by atoms with Gasteiger partial charge in [0.05, 0.1) is 6.61 Å². The summed E-state index contributed by atoms with van der Waals surface area (Å²) in [7, 11) is 0. The van der Waals surface area contributed by atoms with Gasteiger partial charge in [0.25, 0.3) is 0 Å². The summed E-state index contributed by atoms with van der Waals surface area (Å²) in [6, 6.07) is 1.21. The van der Waals surface area contributed by atoms with E-state index in [2.05, 4.69) is 5.32 Å². The molecule has 0 spiro atoms. The van der Waals surface area contributed by atoms with Crippen molar-refractivity contribution in [1.29, 1.82) is 0 Å². The third kappa shape index (κ3) is 3.02. The van der Waals surface area contributed by atoms with E-state index in [1.807, 2.05) is 0 Å². The van der Waals surface area contributed by atoms with Crippen LogP contribution in [0.15, 0.2) is 0 Å². The minimum absolute atomic E-state index is 0.0330. The number of fused-ring (bicyclic) bond motifs is 2. The van der Waals surface area contributed by atoms with E-state index in [-0.39, 0.29) is 24.5 Å². The van der Waals surface area contributed by atoms with Crippen molar-refractivity contribution in [2.75, 3.05) is 13.2 Å².